The number of hydrogen-bond acceptors (Lipinski definition) is 5. The lowest BCUT2D eigenvalue weighted by molar-refractivity contribution is 0.118. The van der Waals surface area contributed by atoms with E-state index in [0.717, 1.165) is 24.9 Å². The van der Waals surface area contributed by atoms with Gasteiger partial charge in [0.15, 0.2) is 11.6 Å². The summed E-state index contributed by atoms with van der Waals surface area (Å²) in [4.78, 5) is 6.42. The Bertz CT molecular complexity index is 677. The van der Waals surface area contributed by atoms with Crippen molar-refractivity contribution in [3.63, 3.8) is 0 Å². The van der Waals surface area contributed by atoms with Gasteiger partial charge in [0.1, 0.15) is 11.9 Å². The molecule has 4 rings (SSSR count). The van der Waals surface area contributed by atoms with E-state index >= 15 is 0 Å². The van der Waals surface area contributed by atoms with Gasteiger partial charge in [-0.2, -0.15) is 0 Å². The van der Waals surface area contributed by atoms with Crippen molar-refractivity contribution >= 4 is 0 Å². The van der Waals surface area contributed by atoms with Gasteiger partial charge in [-0.25, -0.2) is 4.39 Å². The molecule has 1 aromatic heterocycles. The third kappa shape index (κ3) is 4.71. The zero-order chi connectivity index (χ0) is 18.5. The fourth-order valence-electron chi connectivity index (χ4n) is 3.87. The molecule has 3 atom stereocenters. The molecule has 1 aromatic carbocycles. The number of β-amino-alcohol motifs (C(OH)–C–C–N with tert-alkyl or cyclic N) is 1. The minimum absolute atomic E-state index is 0.140. The largest absolute Gasteiger partial charge is 0.506 e. The van der Waals surface area contributed by atoms with Gasteiger partial charge in [0, 0.05) is 19.6 Å². The number of phenols is 1. The van der Waals surface area contributed by atoms with Gasteiger partial charge in [-0.15, -0.1) is 0 Å². The van der Waals surface area contributed by atoms with Crippen molar-refractivity contribution in [2.24, 2.45) is 11.8 Å². The third-order valence-electron chi connectivity index (χ3n) is 5.20. The zero-order valence-electron chi connectivity index (χ0n) is 14.6. The van der Waals surface area contributed by atoms with Gasteiger partial charge in [0.2, 0.25) is 0 Å². The lowest BCUT2D eigenvalue weighted by Gasteiger charge is -2.20. The number of hydrogen-bond donors (Lipinski definition) is 3. The highest BCUT2D eigenvalue weighted by Crippen LogP contribution is 2.38. The van der Waals surface area contributed by atoms with Crippen LogP contribution in [0.4, 0.5) is 4.39 Å². The maximum absolute atomic E-state index is 12.1. The van der Waals surface area contributed by atoms with Gasteiger partial charge in [-0.1, -0.05) is 18.6 Å². The average molecular weight is 360 g/mol. The van der Waals surface area contributed by atoms with E-state index in [1.54, 1.807) is 18.2 Å². The van der Waals surface area contributed by atoms with Gasteiger partial charge < -0.3 is 15.3 Å². The molecule has 6 heteroatoms. The van der Waals surface area contributed by atoms with Crippen LogP contribution in [0.1, 0.15) is 31.1 Å². The Morgan fingerprint density at radius 2 is 1.77 bits per heavy atom. The fourth-order valence-corrected chi connectivity index (χ4v) is 3.87. The van der Waals surface area contributed by atoms with E-state index < -0.39 is 11.9 Å². The normalized spacial score (nSPS) is 23.2. The molecular weight excluding hydrogens is 335 g/mol. The van der Waals surface area contributed by atoms with Crippen LogP contribution in [-0.2, 0) is 0 Å². The summed E-state index contributed by atoms with van der Waals surface area (Å²) in [6.45, 7) is 2.91. The van der Waals surface area contributed by atoms with Gasteiger partial charge >= 0.3 is 0 Å². The summed E-state index contributed by atoms with van der Waals surface area (Å²) in [6, 6.07) is 8.86. The first kappa shape index (κ1) is 18.6. The average Bonchev–Trinajstić information content (AvgIpc) is 3.20. The molecule has 3 unspecified atom stereocenters. The molecule has 2 aliphatic rings. The molecule has 140 valence electrons. The van der Waals surface area contributed by atoms with Crippen molar-refractivity contribution in [3.8, 4) is 11.5 Å². The number of benzene rings is 1. The molecule has 0 bridgehead atoms. The first-order valence-electron chi connectivity index (χ1n) is 9.01. The summed E-state index contributed by atoms with van der Waals surface area (Å²) in [6.07, 6.45) is 4.93. The van der Waals surface area contributed by atoms with Crippen LogP contribution in [-0.4, -0.2) is 44.8 Å². The summed E-state index contributed by atoms with van der Waals surface area (Å²) in [5.41, 5.74) is 0.643. The van der Waals surface area contributed by atoms with E-state index in [-0.39, 0.29) is 11.5 Å². The summed E-state index contributed by atoms with van der Waals surface area (Å²) in [7, 11) is 0. The summed E-state index contributed by atoms with van der Waals surface area (Å²) >= 11 is 0. The van der Waals surface area contributed by atoms with E-state index in [9.17, 15) is 14.6 Å². The quantitative estimate of drug-likeness (QED) is 0.784. The van der Waals surface area contributed by atoms with Crippen LogP contribution < -0.4 is 0 Å². The number of pyridine rings is 1. The number of rotatable bonds is 3. The number of aliphatic hydroxyl groups is 1. The Kier molecular flexibility index (Phi) is 6.06. The first-order chi connectivity index (χ1) is 12.5. The van der Waals surface area contributed by atoms with E-state index in [1.807, 2.05) is 0 Å². The van der Waals surface area contributed by atoms with E-state index in [4.69, 9.17) is 5.11 Å². The van der Waals surface area contributed by atoms with Gasteiger partial charge in [-0.3, -0.25) is 9.88 Å². The first-order valence-corrected chi connectivity index (χ1v) is 9.01. The Hall–Kier alpha value is -2.18. The topological polar surface area (TPSA) is 76.8 Å². The van der Waals surface area contributed by atoms with Gasteiger partial charge in [0.25, 0.3) is 0 Å². The highest BCUT2D eigenvalue weighted by molar-refractivity contribution is 5.21. The fraction of sp³-hybridized carbons (Fsp3) is 0.450. The molecule has 2 fully saturated rings. The van der Waals surface area contributed by atoms with Crippen molar-refractivity contribution in [2.45, 2.75) is 25.4 Å². The maximum atomic E-state index is 12.1. The predicted octanol–water partition coefficient (Wildman–Crippen LogP) is 3.08. The van der Waals surface area contributed by atoms with Crippen molar-refractivity contribution in [2.75, 3.05) is 19.6 Å². The van der Waals surface area contributed by atoms with Gasteiger partial charge in [-0.05, 0) is 48.9 Å². The number of fused-ring (bicyclic) bond motifs is 1. The van der Waals surface area contributed by atoms with Crippen molar-refractivity contribution in [3.05, 3.63) is 54.1 Å². The molecule has 2 aromatic rings. The van der Waals surface area contributed by atoms with Crippen LogP contribution in [0.3, 0.4) is 0 Å². The van der Waals surface area contributed by atoms with Crippen LogP contribution in [0.2, 0.25) is 0 Å². The van der Waals surface area contributed by atoms with Crippen LogP contribution >= 0.6 is 0 Å². The third-order valence-corrected chi connectivity index (χ3v) is 5.20. The maximum Gasteiger partial charge on any atom is 0.164 e. The van der Waals surface area contributed by atoms with Crippen LogP contribution in [0.15, 0.2) is 42.6 Å². The van der Waals surface area contributed by atoms with Crippen LogP contribution in [0.5, 0.6) is 11.5 Å². The molecular formula is C20H25FN2O3. The molecule has 1 aliphatic heterocycles. The lowest BCUT2D eigenvalue weighted by atomic mass is 10.0. The van der Waals surface area contributed by atoms with Crippen LogP contribution in [0.25, 0.3) is 0 Å². The number of likely N-dealkylation sites (tertiary alicyclic amines) is 1. The number of aliphatic hydroxyl groups excluding tert-OH is 1. The molecule has 5 nitrogen and oxygen atoms in total. The van der Waals surface area contributed by atoms with E-state index in [2.05, 4.69) is 9.88 Å². The predicted molar refractivity (Wildman–Crippen MR) is 96.2 cm³/mol. The number of aromatic nitrogens is 1. The molecule has 0 spiro atoms. The molecule has 1 aliphatic carbocycles. The number of aromatic hydroxyl groups is 2. The monoisotopic (exact) mass is 360 g/mol. The van der Waals surface area contributed by atoms with E-state index in [1.165, 1.54) is 43.7 Å². The minimum atomic E-state index is -0.576. The molecule has 0 amide bonds. The van der Waals surface area contributed by atoms with Gasteiger partial charge in [0.05, 0.1) is 11.9 Å². The second-order valence-corrected chi connectivity index (χ2v) is 7.08. The Morgan fingerprint density at radius 1 is 1.08 bits per heavy atom. The lowest BCUT2D eigenvalue weighted by Crippen LogP contribution is -2.27. The molecule has 26 heavy (non-hydrogen) atoms. The highest BCUT2D eigenvalue weighted by atomic mass is 19.1. The number of para-hydroxylation sites is 1. The zero-order valence-corrected chi connectivity index (χ0v) is 14.6. The van der Waals surface area contributed by atoms with E-state index in [0.29, 0.717) is 12.2 Å². The van der Waals surface area contributed by atoms with Crippen molar-refractivity contribution in [1.29, 1.82) is 0 Å². The second kappa shape index (κ2) is 8.47. The number of nitrogens with zero attached hydrogens (tertiary/aromatic N) is 2. The summed E-state index contributed by atoms with van der Waals surface area (Å²) in [5.74, 6) is 0.969. The molecule has 0 radical (unpaired) electrons. The SMILES string of the molecule is Oc1ccc(C(O)CN2CC3CCCC3C2)nc1.Oc1ccccc1F. The summed E-state index contributed by atoms with van der Waals surface area (Å²) < 4.78 is 12.1. The molecule has 1 saturated carbocycles. The molecule has 1 saturated heterocycles. The number of phenolic OH excluding ortho intramolecular Hbond substituents is 1. The Morgan fingerprint density at radius 3 is 2.31 bits per heavy atom. The molecule has 3 N–H and O–H groups in total. The second-order valence-electron chi connectivity index (χ2n) is 7.08. The smallest absolute Gasteiger partial charge is 0.164 e. The Labute approximate surface area is 152 Å². The number of halogens is 1. The summed E-state index contributed by atoms with van der Waals surface area (Å²) in [5, 5.41) is 27.9. The van der Waals surface area contributed by atoms with Crippen molar-refractivity contribution < 1.29 is 19.7 Å². The standard InChI is InChI=1S/C14H20N2O2.C6H5FO/c17-12-4-5-13(15-6-12)14(18)9-16-7-10-2-1-3-11(10)8-16;7-5-3-1-2-4-6(5)8/h4-6,10-11,14,17-18H,1-3,7-9H2;1-4,8H. The molecule has 2 heterocycles. The van der Waals surface area contributed by atoms with Crippen molar-refractivity contribution in [1.82, 2.24) is 9.88 Å². The highest BCUT2D eigenvalue weighted by Gasteiger charge is 2.36. The van der Waals surface area contributed by atoms with Crippen LogP contribution in [0, 0.1) is 17.7 Å². The Balaban J connectivity index is 0.000000206. The minimum Gasteiger partial charge on any atom is -0.506 e.